The zero-order valence-corrected chi connectivity index (χ0v) is 17.7. The molecule has 1 saturated carbocycles. The number of hydrogen-bond acceptors (Lipinski definition) is 5. The number of unbranched alkanes of at least 4 members (excludes halogenated alkanes) is 3. The number of aliphatic hydroxyl groups is 2. The molecule has 4 atom stereocenters. The van der Waals surface area contributed by atoms with Crippen molar-refractivity contribution in [2.75, 3.05) is 13.2 Å². The van der Waals surface area contributed by atoms with Crippen LogP contribution in [-0.2, 0) is 14.3 Å². The number of aliphatic hydroxyl groups excluding tert-OH is 2. The highest BCUT2D eigenvalue weighted by Gasteiger charge is 2.32. The summed E-state index contributed by atoms with van der Waals surface area (Å²) in [5.74, 6) is -1.32. The Bertz CT molecular complexity index is 527. The molecule has 0 bridgehead atoms. The van der Waals surface area contributed by atoms with Crippen LogP contribution < -0.4 is 0 Å². The van der Waals surface area contributed by atoms with Gasteiger partial charge in [0.05, 0.1) is 13.2 Å². The number of hydrogen-bond donors (Lipinski definition) is 3. The first-order valence-corrected chi connectivity index (χ1v) is 11.0. The number of carboxylic acid groups (broad SMARTS) is 1. The molecule has 1 rings (SSSR count). The number of rotatable bonds is 16. The number of ether oxygens (including phenoxy) is 1. The van der Waals surface area contributed by atoms with E-state index in [-0.39, 0.29) is 19.1 Å². The van der Waals surface area contributed by atoms with Crippen LogP contribution in [-0.4, -0.2) is 46.6 Å². The van der Waals surface area contributed by atoms with Gasteiger partial charge in [-0.15, -0.1) is 0 Å². The second kappa shape index (κ2) is 15.4. The second-order valence-electron chi connectivity index (χ2n) is 7.73. The van der Waals surface area contributed by atoms with E-state index in [4.69, 9.17) is 9.84 Å². The van der Waals surface area contributed by atoms with Gasteiger partial charge in [-0.3, -0.25) is 9.59 Å². The maximum atomic E-state index is 12.2. The van der Waals surface area contributed by atoms with Crippen molar-refractivity contribution in [2.45, 2.75) is 77.4 Å². The molecule has 0 spiro atoms. The predicted octanol–water partition coefficient (Wildman–Crippen LogP) is 3.86. The van der Waals surface area contributed by atoms with Gasteiger partial charge in [0.25, 0.3) is 0 Å². The molecule has 0 aromatic heterocycles. The number of allylic oxidation sites excluding steroid dienone is 4. The zero-order valence-electron chi connectivity index (χ0n) is 17.7. The SMILES string of the molecule is CCC=CCCC=C[C@H]1CCC(=O)[C@@H]1CCCCCC(C(=O)O)C(O)OCCO. The lowest BCUT2D eigenvalue weighted by Gasteiger charge is -2.19. The first-order valence-electron chi connectivity index (χ1n) is 11.0. The van der Waals surface area contributed by atoms with Gasteiger partial charge in [-0.25, -0.2) is 0 Å². The lowest BCUT2D eigenvalue weighted by Crippen LogP contribution is -2.31. The Morgan fingerprint density at radius 3 is 2.66 bits per heavy atom. The average molecular weight is 411 g/mol. The Labute approximate surface area is 174 Å². The Kier molecular flexibility index (Phi) is 13.5. The minimum atomic E-state index is -1.40. The molecule has 0 amide bonds. The average Bonchev–Trinajstić information content (AvgIpc) is 3.04. The summed E-state index contributed by atoms with van der Waals surface area (Å²) < 4.78 is 4.92. The molecule has 29 heavy (non-hydrogen) atoms. The molecule has 1 fully saturated rings. The Morgan fingerprint density at radius 2 is 1.97 bits per heavy atom. The maximum Gasteiger partial charge on any atom is 0.311 e. The molecule has 6 nitrogen and oxygen atoms in total. The summed E-state index contributed by atoms with van der Waals surface area (Å²) in [5.41, 5.74) is 0. The molecule has 0 aromatic carbocycles. The van der Waals surface area contributed by atoms with Gasteiger partial charge in [-0.05, 0) is 44.4 Å². The van der Waals surface area contributed by atoms with Gasteiger partial charge in [-0.2, -0.15) is 0 Å². The van der Waals surface area contributed by atoms with Gasteiger partial charge in [0.15, 0.2) is 6.29 Å². The Morgan fingerprint density at radius 1 is 1.21 bits per heavy atom. The quantitative estimate of drug-likeness (QED) is 0.203. The number of ketones is 1. The summed E-state index contributed by atoms with van der Waals surface area (Å²) >= 11 is 0. The number of aliphatic carboxylic acids is 1. The number of carbonyl (C=O) groups is 2. The molecule has 1 aliphatic carbocycles. The van der Waals surface area contributed by atoms with Crippen LogP contribution in [0.25, 0.3) is 0 Å². The Balaban J connectivity index is 2.33. The van der Waals surface area contributed by atoms with Gasteiger partial charge < -0.3 is 20.1 Å². The highest BCUT2D eigenvalue weighted by molar-refractivity contribution is 5.83. The van der Waals surface area contributed by atoms with Crippen molar-refractivity contribution in [1.29, 1.82) is 0 Å². The summed E-state index contributed by atoms with van der Waals surface area (Å²) in [6.07, 6.45) is 15.6. The van der Waals surface area contributed by atoms with E-state index in [1.165, 1.54) is 0 Å². The third-order valence-electron chi connectivity index (χ3n) is 5.51. The second-order valence-corrected chi connectivity index (χ2v) is 7.73. The van der Waals surface area contributed by atoms with E-state index < -0.39 is 18.2 Å². The van der Waals surface area contributed by atoms with Crippen LogP contribution >= 0.6 is 0 Å². The molecular weight excluding hydrogens is 372 g/mol. The number of Topliss-reactive ketones (excluding diaryl/α,β-unsaturated/α-hetero) is 1. The molecule has 6 heteroatoms. The Hall–Kier alpha value is -1.50. The van der Waals surface area contributed by atoms with E-state index in [0.717, 1.165) is 44.9 Å². The molecule has 0 saturated heterocycles. The van der Waals surface area contributed by atoms with Gasteiger partial charge >= 0.3 is 5.97 Å². The fourth-order valence-corrected chi connectivity index (χ4v) is 3.87. The first kappa shape index (κ1) is 25.5. The van der Waals surface area contributed by atoms with Crippen molar-refractivity contribution in [3.05, 3.63) is 24.3 Å². The topological polar surface area (TPSA) is 104 Å². The van der Waals surface area contributed by atoms with Crippen molar-refractivity contribution in [2.24, 2.45) is 17.8 Å². The molecule has 0 aliphatic heterocycles. The standard InChI is InChI=1S/C23H38O6/c1-2-3-4-5-6-8-11-18-14-15-21(25)19(18)12-9-7-10-13-20(22(26)27)23(28)29-17-16-24/h3-4,8,11,18-20,23-24,28H,2,5-7,9-10,12-17H2,1H3,(H,26,27)/t18-,19+,20?,23?/m0/s1. The molecule has 3 N–H and O–H groups in total. The number of carbonyl (C=O) groups excluding carboxylic acids is 1. The fraction of sp³-hybridized carbons (Fsp3) is 0.739. The van der Waals surface area contributed by atoms with Gasteiger partial charge in [0, 0.05) is 12.3 Å². The van der Waals surface area contributed by atoms with Crippen LogP contribution in [0, 0.1) is 17.8 Å². The molecule has 166 valence electrons. The summed E-state index contributed by atoms with van der Waals surface area (Å²) in [6, 6.07) is 0. The van der Waals surface area contributed by atoms with Gasteiger partial charge in [0.1, 0.15) is 11.7 Å². The van der Waals surface area contributed by atoms with Crippen LogP contribution in [0.5, 0.6) is 0 Å². The molecule has 0 radical (unpaired) electrons. The lowest BCUT2D eigenvalue weighted by molar-refractivity contribution is -0.173. The normalized spacial score (nSPS) is 22.0. The van der Waals surface area contributed by atoms with E-state index >= 15 is 0 Å². The van der Waals surface area contributed by atoms with E-state index in [0.29, 0.717) is 31.0 Å². The van der Waals surface area contributed by atoms with E-state index in [2.05, 4.69) is 31.2 Å². The largest absolute Gasteiger partial charge is 0.481 e. The highest BCUT2D eigenvalue weighted by atomic mass is 16.6. The van der Waals surface area contributed by atoms with Crippen molar-refractivity contribution < 1.29 is 29.6 Å². The third kappa shape index (κ3) is 10.2. The van der Waals surface area contributed by atoms with Crippen molar-refractivity contribution >= 4 is 11.8 Å². The summed E-state index contributed by atoms with van der Waals surface area (Å²) in [5, 5.41) is 27.7. The molecule has 0 aromatic rings. The van der Waals surface area contributed by atoms with Crippen molar-refractivity contribution in [1.82, 2.24) is 0 Å². The number of carboxylic acids is 1. The van der Waals surface area contributed by atoms with Crippen LogP contribution in [0.2, 0.25) is 0 Å². The molecular formula is C23H38O6. The minimum absolute atomic E-state index is 0.0848. The lowest BCUT2D eigenvalue weighted by atomic mass is 9.89. The van der Waals surface area contributed by atoms with E-state index in [1.807, 2.05) is 0 Å². The van der Waals surface area contributed by atoms with Gasteiger partial charge in [0.2, 0.25) is 0 Å². The summed E-state index contributed by atoms with van der Waals surface area (Å²) in [6.45, 7) is 1.78. The maximum absolute atomic E-state index is 12.2. The van der Waals surface area contributed by atoms with E-state index in [9.17, 15) is 19.8 Å². The summed E-state index contributed by atoms with van der Waals surface area (Å²) in [7, 11) is 0. The van der Waals surface area contributed by atoms with Crippen LogP contribution in [0.3, 0.4) is 0 Å². The smallest absolute Gasteiger partial charge is 0.311 e. The monoisotopic (exact) mass is 410 g/mol. The van der Waals surface area contributed by atoms with Gasteiger partial charge in [-0.1, -0.05) is 50.5 Å². The highest BCUT2D eigenvalue weighted by Crippen LogP contribution is 2.34. The minimum Gasteiger partial charge on any atom is -0.481 e. The van der Waals surface area contributed by atoms with Crippen molar-refractivity contribution in [3.8, 4) is 0 Å². The van der Waals surface area contributed by atoms with Crippen LogP contribution in [0.1, 0.15) is 71.1 Å². The summed E-state index contributed by atoms with van der Waals surface area (Å²) in [4.78, 5) is 23.5. The van der Waals surface area contributed by atoms with Crippen LogP contribution in [0.15, 0.2) is 24.3 Å². The van der Waals surface area contributed by atoms with E-state index in [1.54, 1.807) is 0 Å². The fourth-order valence-electron chi connectivity index (χ4n) is 3.87. The molecule has 0 heterocycles. The molecule has 2 unspecified atom stereocenters. The van der Waals surface area contributed by atoms with Crippen LogP contribution in [0.4, 0.5) is 0 Å². The third-order valence-corrected chi connectivity index (χ3v) is 5.51. The predicted molar refractivity (Wildman–Crippen MR) is 112 cm³/mol. The zero-order chi connectivity index (χ0) is 21.5. The van der Waals surface area contributed by atoms with Crippen molar-refractivity contribution in [3.63, 3.8) is 0 Å². The first-order chi connectivity index (χ1) is 14.0. The molecule has 1 aliphatic rings.